The Balaban J connectivity index is 1.69. The summed E-state index contributed by atoms with van der Waals surface area (Å²) in [6.45, 7) is 0.615. The van der Waals surface area contributed by atoms with E-state index in [0.717, 1.165) is 36.6 Å². The van der Waals surface area contributed by atoms with Crippen molar-refractivity contribution in [3.63, 3.8) is 0 Å². The Kier molecular flexibility index (Phi) is 3.90. The second kappa shape index (κ2) is 6.10. The Bertz CT molecular complexity index is 828. The third-order valence-electron chi connectivity index (χ3n) is 5.77. The number of aromatic nitrogens is 1. The molecule has 132 valence electrons. The number of H-pyrrole nitrogens is 1. The largest absolute Gasteiger partial charge is 0.496 e. The number of primary amides is 1. The molecule has 25 heavy (non-hydrogen) atoms. The number of carbonyl (C=O) groups excluding carboxylic acids is 2. The van der Waals surface area contributed by atoms with E-state index in [9.17, 15) is 9.59 Å². The summed E-state index contributed by atoms with van der Waals surface area (Å²) in [7, 11) is 1.61. The molecule has 2 amide bonds. The van der Waals surface area contributed by atoms with E-state index >= 15 is 0 Å². The molecule has 1 aromatic heterocycles. The molecule has 1 aliphatic carbocycles. The van der Waals surface area contributed by atoms with Crippen LogP contribution in [0.15, 0.2) is 24.3 Å². The van der Waals surface area contributed by atoms with Gasteiger partial charge in [-0.25, -0.2) is 0 Å². The number of hydrogen-bond donors (Lipinski definition) is 2. The van der Waals surface area contributed by atoms with Crippen molar-refractivity contribution in [1.82, 2.24) is 9.88 Å². The lowest BCUT2D eigenvalue weighted by Crippen LogP contribution is -2.46. The van der Waals surface area contributed by atoms with Crippen LogP contribution in [0.25, 0.3) is 10.9 Å². The summed E-state index contributed by atoms with van der Waals surface area (Å²) in [6.07, 6.45) is 4.32. The SMILES string of the molecule is COc1cccc2[nH]c(C(=O)N3CC4CCCCC4C3C(N)=O)cc12. The number of rotatable bonds is 3. The molecule has 0 radical (unpaired) electrons. The highest BCUT2D eigenvalue weighted by Crippen LogP contribution is 2.41. The van der Waals surface area contributed by atoms with Crippen LogP contribution in [0.2, 0.25) is 0 Å². The zero-order valence-corrected chi connectivity index (χ0v) is 14.3. The molecule has 3 unspecified atom stereocenters. The summed E-state index contributed by atoms with van der Waals surface area (Å²) in [5.41, 5.74) is 6.99. The molecule has 2 fully saturated rings. The maximum atomic E-state index is 13.1. The van der Waals surface area contributed by atoms with E-state index in [4.69, 9.17) is 10.5 Å². The predicted molar refractivity (Wildman–Crippen MR) is 94.3 cm³/mol. The minimum atomic E-state index is -0.494. The summed E-state index contributed by atoms with van der Waals surface area (Å²) >= 11 is 0. The first-order valence-corrected chi connectivity index (χ1v) is 8.86. The van der Waals surface area contributed by atoms with Gasteiger partial charge in [-0.15, -0.1) is 0 Å². The minimum Gasteiger partial charge on any atom is -0.496 e. The van der Waals surface area contributed by atoms with Gasteiger partial charge in [-0.1, -0.05) is 18.9 Å². The fraction of sp³-hybridized carbons (Fsp3) is 0.474. The smallest absolute Gasteiger partial charge is 0.271 e. The van der Waals surface area contributed by atoms with Crippen molar-refractivity contribution in [2.75, 3.05) is 13.7 Å². The summed E-state index contributed by atoms with van der Waals surface area (Å²) in [4.78, 5) is 30.0. The number of nitrogens with two attached hydrogens (primary N) is 1. The highest BCUT2D eigenvalue weighted by molar-refractivity contribution is 6.01. The Morgan fingerprint density at radius 2 is 2.08 bits per heavy atom. The van der Waals surface area contributed by atoms with Gasteiger partial charge in [0.1, 0.15) is 17.5 Å². The van der Waals surface area contributed by atoms with Crippen LogP contribution in [0.4, 0.5) is 0 Å². The molecule has 1 saturated carbocycles. The lowest BCUT2D eigenvalue weighted by molar-refractivity contribution is -0.123. The van der Waals surface area contributed by atoms with E-state index in [1.165, 1.54) is 0 Å². The average Bonchev–Trinajstić information content (AvgIpc) is 3.22. The maximum absolute atomic E-state index is 13.1. The van der Waals surface area contributed by atoms with Crippen molar-refractivity contribution in [3.8, 4) is 5.75 Å². The number of nitrogens with zero attached hydrogens (tertiary/aromatic N) is 1. The van der Waals surface area contributed by atoms with Crippen molar-refractivity contribution in [2.45, 2.75) is 31.7 Å². The molecule has 0 spiro atoms. The molecule has 1 saturated heterocycles. The normalized spacial score (nSPS) is 25.8. The summed E-state index contributed by atoms with van der Waals surface area (Å²) < 4.78 is 5.36. The number of likely N-dealkylation sites (tertiary alicyclic amines) is 1. The molecule has 6 nitrogen and oxygen atoms in total. The number of aromatic amines is 1. The number of methoxy groups -OCH3 is 1. The van der Waals surface area contributed by atoms with Crippen LogP contribution in [-0.2, 0) is 4.79 Å². The Hall–Kier alpha value is -2.50. The molecule has 2 aliphatic rings. The molecule has 1 aliphatic heterocycles. The second-order valence-electron chi connectivity index (χ2n) is 7.12. The molecule has 2 heterocycles. The minimum absolute atomic E-state index is 0.156. The quantitative estimate of drug-likeness (QED) is 0.898. The van der Waals surface area contributed by atoms with Gasteiger partial charge in [0.15, 0.2) is 0 Å². The molecular weight excluding hydrogens is 318 g/mol. The summed E-state index contributed by atoms with van der Waals surface area (Å²) in [5.74, 6) is 0.755. The lowest BCUT2D eigenvalue weighted by atomic mass is 9.78. The number of ether oxygens (including phenoxy) is 1. The second-order valence-corrected chi connectivity index (χ2v) is 7.12. The standard InChI is InChI=1S/C19H23N3O3/c1-25-16-8-4-7-14-13(16)9-15(21-14)19(24)22-10-11-5-2-3-6-12(11)17(22)18(20)23/h4,7-9,11-12,17,21H,2-3,5-6,10H2,1H3,(H2,20,23). The number of carbonyl (C=O) groups is 2. The van der Waals surface area contributed by atoms with Gasteiger partial charge in [-0.3, -0.25) is 9.59 Å². The van der Waals surface area contributed by atoms with Crippen molar-refractivity contribution in [1.29, 1.82) is 0 Å². The molecule has 1 aromatic carbocycles. The topological polar surface area (TPSA) is 88.4 Å². The first-order valence-electron chi connectivity index (χ1n) is 8.86. The van der Waals surface area contributed by atoms with Crippen molar-refractivity contribution in [3.05, 3.63) is 30.0 Å². The molecule has 0 bridgehead atoms. The molecule has 4 rings (SSSR count). The van der Waals surface area contributed by atoms with Crippen LogP contribution < -0.4 is 10.5 Å². The van der Waals surface area contributed by atoms with Crippen molar-refractivity contribution >= 4 is 22.7 Å². The van der Waals surface area contributed by atoms with Gasteiger partial charge < -0.3 is 20.4 Å². The maximum Gasteiger partial charge on any atom is 0.271 e. The number of benzene rings is 1. The van der Waals surface area contributed by atoms with Gasteiger partial charge in [0.25, 0.3) is 5.91 Å². The van der Waals surface area contributed by atoms with E-state index in [0.29, 0.717) is 23.9 Å². The lowest BCUT2D eigenvalue weighted by Gasteiger charge is -2.27. The van der Waals surface area contributed by atoms with Crippen molar-refractivity contribution < 1.29 is 14.3 Å². The van der Waals surface area contributed by atoms with Crippen LogP contribution in [-0.4, -0.2) is 41.4 Å². The fourth-order valence-corrected chi connectivity index (χ4v) is 4.63. The average molecular weight is 341 g/mol. The van der Waals surface area contributed by atoms with Crippen LogP contribution in [0.1, 0.15) is 36.2 Å². The van der Waals surface area contributed by atoms with Gasteiger partial charge >= 0.3 is 0 Å². The first-order chi connectivity index (χ1) is 12.1. The van der Waals surface area contributed by atoms with Gasteiger partial charge in [0.2, 0.25) is 5.91 Å². The third-order valence-corrected chi connectivity index (χ3v) is 5.77. The van der Waals surface area contributed by atoms with Gasteiger partial charge in [-0.2, -0.15) is 0 Å². The first kappa shape index (κ1) is 16.0. The van der Waals surface area contributed by atoms with Crippen LogP contribution in [0.3, 0.4) is 0 Å². The number of nitrogens with one attached hydrogen (secondary N) is 1. The molecule has 6 heteroatoms. The fourth-order valence-electron chi connectivity index (χ4n) is 4.63. The number of fused-ring (bicyclic) bond motifs is 2. The molecule has 3 atom stereocenters. The predicted octanol–water partition coefficient (Wildman–Crippen LogP) is 2.29. The zero-order valence-electron chi connectivity index (χ0n) is 14.3. The Morgan fingerprint density at radius 1 is 1.28 bits per heavy atom. The van der Waals surface area contributed by atoms with Gasteiger partial charge in [0, 0.05) is 17.4 Å². The highest BCUT2D eigenvalue weighted by atomic mass is 16.5. The Labute approximate surface area is 146 Å². The van der Waals surface area contributed by atoms with E-state index < -0.39 is 11.9 Å². The van der Waals surface area contributed by atoms with Crippen LogP contribution in [0.5, 0.6) is 5.75 Å². The van der Waals surface area contributed by atoms with Gasteiger partial charge in [-0.05, 0) is 42.9 Å². The van der Waals surface area contributed by atoms with Crippen molar-refractivity contribution in [2.24, 2.45) is 17.6 Å². The third kappa shape index (κ3) is 2.56. The Morgan fingerprint density at radius 3 is 2.84 bits per heavy atom. The van der Waals surface area contributed by atoms with E-state index in [2.05, 4.69) is 4.98 Å². The van der Waals surface area contributed by atoms with E-state index in [1.54, 1.807) is 18.1 Å². The van der Waals surface area contributed by atoms with E-state index in [-0.39, 0.29) is 11.8 Å². The molecular formula is C19H23N3O3. The van der Waals surface area contributed by atoms with Gasteiger partial charge in [0.05, 0.1) is 7.11 Å². The van der Waals surface area contributed by atoms with E-state index in [1.807, 2.05) is 18.2 Å². The molecule has 3 N–H and O–H groups in total. The van der Waals surface area contributed by atoms with Crippen LogP contribution in [0, 0.1) is 11.8 Å². The van der Waals surface area contributed by atoms with Crippen LogP contribution >= 0.6 is 0 Å². The monoisotopic (exact) mass is 341 g/mol. The number of amides is 2. The molecule has 2 aromatic rings. The summed E-state index contributed by atoms with van der Waals surface area (Å²) in [5, 5.41) is 0.862. The number of hydrogen-bond acceptors (Lipinski definition) is 3. The summed E-state index contributed by atoms with van der Waals surface area (Å²) in [6, 6.07) is 6.95. The highest BCUT2D eigenvalue weighted by Gasteiger charge is 2.47. The zero-order chi connectivity index (χ0) is 17.6.